The zero-order valence-corrected chi connectivity index (χ0v) is 9.89. The Kier molecular flexibility index (Phi) is 3.70. The van der Waals surface area contributed by atoms with Crippen LogP contribution in [0, 0.1) is 0 Å². The van der Waals surface area contributed by atoms with Gasteiger partial charge in [-0.3, -0.25) is 9.59 Å². The molecule has 1 saturated carbocycles. The Hall–Kier alpha value is -0.750. The third kappa shape index (κ3) is 2.68. The molecule has 2 fully saturated rings. The van der Waals surface area contributed by atoms with E-state index in [1.807, 2.05) is 0 Å². The van der Waals surface area contributed by atoms with Crippen molar-refractivity contribution in [2.24, 2.45) is 5.73 Å². The molecule has 1 heterocycles. The van der Waals surface area contributed by atoms with E-state index in [9.17, 15) is 9.59 Å². The van der Waals surface area contributed by atoms with Crippen molar-refractivity contribution in [3.8, 4) is 0 Å². The second-order valence-corrected chi connectivity index (χ2v) is 5.35. The predicted molar refractivity (Wildman–Crippen MR) is 63.2 cm³/mol. The lowest BCUT2D eigenvalue weighted by Crippen LogP contribution is -2.54. The van der Waals surface area contributed by atoms with Crippen molar-refractivity contribution in [2.45, 2.75) is 43.8 Å². The predicted octanol–water partition coefficient (Wildman–Crippen LogP) is 0.197. The largest absolute Gasteiger partial charge is 0.350 e. The summed E-state index contributed by atoms with van der Waals surface area (Å²) in [6.45, 7) is 0. The lowest BCUT2D eigenvalue weighted by molar-refractivity contribution is -0.123. The van der Waals surface area contributed by atoms with Crippen LogP contribution >= 0.6 is 11.8 Å². The Morgan fingerprint density at radius 1 is 1.44 bits per heavy atom. The Labute approximate surface area is 98.9 Å². The van der Waals surface area contributed by atoms with Crippen LogP contribution in [0.3, 0.4) is 0 Å². The molecule has 4 N–H and O–H groups in total. The number of rotatable bonds is 2. The van der Waals surface area contributed by atoms with Gasteiger partial charge in [0.1, 0.15) is 6.04 Å². The van der Waals surface area contributed by atoms with E-state index >= 15 is 0 Å². The van der Waals surface area contributed by atoms with E-state index in [1.165, 1.54) is 0 Å². The van der Waals surface area contributed by atoms with Crippen molar-refractivity contribution >= 4 is 22.9 Å². The molecule has 2 amide bonds. The molecule has 0 aromatic rings. The first-order valence-electron chi connectivity index (χ1n) is 5.66. The van der Waals surface area contributed by atoms with E-state index in [-0.39, 0.29) is 29.3 Å². The molecule has 6 heteroatoms. The fraction of sp³-hybridized carbons (Fsp3) is 0.800. The summed E-state index contributed by atoms with van der Waals surface area (Å²) < 4.78 is 0. The lowest BCUT2D eigenvalue weighted by Gasteiger charge is -2.30. The number of amides is 2. The summed E-state index contributed by atoms with van der Waals surface area (Å²) in [6, 6.07) is -0.252. The smallest absolute Gasteiger partial charge is 0.279 e. The van der Waals surface area contributed by atoms with E-state index < -0.39 is 0 Å². The van der Waals surface area contributed by atoms with Gasteiger partial charge in [0.15, 0.2) is 0 Å². The highest BCUT2D eigenvalue weighted by Gasteiger charge is 2.31. The van der Waals surface area contributed by atoms with Crippen molar-refractivity contribution in [2.75, 3.05) is 5.75 Å². The summed E-state index contributed by atoms with van der Waals surface area (Å²) in [7, 11) is 0. The zero-order valence-electron chi connectivity index (χ0n) is 9.07. The molecule has 2 rings (SSSR count). The number of carbonyl (C=O) groups excluding carboxylic acids is 2. The van der Waals surface area contributed by atoms with Crippen molar-refractivity contribution < 1.29 is 9.59 Å². The maximum Gasteiger partial charge on any atom is 0.279 e. The van der Waals surface area contributed by atoms with Crippen LogP contribution in [0.4, 0.5) is 4.79 Å². The highest BCUT2D eigenvalue weighted by Crippen LogP contribution is 2.18. The fourth-order valence-electron chi connectivity index (χ4n) is 2.15. The second-order valence-electron chi connectivity index (χ2n) is 4.36. The molecule has 16 heavy (non-hydrogen) atoms. The monoisotopic (exact) mass is 243 g/mol. The van der Waals surface area contributed by atoms with E-state index in [2.05, 4.69) is 10.6 Å². The molecule has 0 aromatic heterocycles. The first kappa shape index (κ1) is 11.7. The quantitative estimate of drug-likeness (QED) is 0.647. The van der Waals surface area contributed by atoms with Crippen LogP contribution in [-0.2, 0) is 4.79 Å². The Morgan fingerprint density at radius 2 is 2.19 bits per heavy atom. The van der Waals surface area contributed by atoms with Gasteiger partial charge < -0.3 is 16.4 Å². The first-order valence-corrected chi connectivity index (χ1v) is 6.64. The molecule has 1 aliphatic heterocycles. The van der Waals surface area contributed by atoms with Crippen molar-refractivity contribution in [3.63, 3.8) is 0 Å². The van der Waals surface area contributed by atoms with Gasteiger partial charge in [-0.05, 0) is 12.8 Å². The topological polar surface area (TPSA) is 84.2 Å². The number of hydrogen-bond donors (Lipinski definition) is 3. The Morgan fingerprint density at radius 3 is 2.81 bits per heavy atom. The molecule has 5 nitrogen and oxygen atoms in total. The molecule has 90 valence electrons. The Balaban J connectivity index is 1.84. The highest BCUT2D eigenvalue weighted by atomic mass is 32.2. The summed E-state index contributed by atoms with van der Waals surface area (Å²) in [4.78, 5) is 22.8. The van der Waals surface area contributed by atoms with E-state index in [0.29, 0.717) is 5.75 Å². The highest BCUT2D eigenvalue weighted by molar-refractivity contribution is 8.14. The summed E-state index contributed by atoms with van der Waals surface area (Å²) in [5.74, 6) is 0.424. The zero-order chi connectivity index (χ0) is 11.5. The normalized spacial score (nSPS) is 34.6. The number of nitrogens with one attached hydrogen (secondary N) is 2. The maximum atomic E-state index is 11.8. The molecule has 2 aliphatic rings. The molecule has 3 atom stereocenters. The van der Waals surface area contributed by atoms with Gasteiger partial charge in [0.2, 0.25) is 5.91 Å². The molecule has 3 unspecified atom stereocenters. The minimum absolute atomic E-state index is 0.0578. The van der Waals surface area contributed by atoms with Crippen LogP contribution in [-0.4, -0.2) is 35.0 Å². The molecule has 1 saturated heterocycles. The minimum Gasteiger partial charge on any atom is -0.350 e. The number of nitrogens with two attached hydrogens (primary N) is 1. The third-order valence-electron chi connectivity index (χ3n) is 3.14. The van der Waals surface area contributed by atoms with Gasteiger partial charge in [0.25, 0.3) is 5.24 Å². The van der Waals surface area contributed by atoms with Gasteiger partial charge in [-0.2, -0.15) is 0 Å². The molecule has 0 bridgehead atoms. The maximum absolute atomic E-state index is 11.8. The summed E-state index contributed by atoms with van der Waals surface area (Å²) in [5, 5.41) is 5.45. The summed E-state index contributed by atoms with van der Waals surface area (Å²) in [6.07, 6.45) is 4.17. The number of carbonyl (C=O) groups is 2. The summed E-state index contributed by atoms with van der Waals surface area (Å²) in [5.41, 5.74) is 5.95. The summed E-state index contributed by atoms with van der Waals surface area (Å²) >= 11 is 1.15. The van der Waals surface area contributed by atoms with Gasteiger partial charge in [-0.1, -0.05) is 24.6 Å². The van der Waals surface area contributed by atoms with Gasteiger partial charge in [-0.15, -0.1) is 0 Å². The average Bonchev–Trinajstić information content (AvgIpc) is 2.68. The van der Waals surface area contributed by atoms with Crippen LogP contribution in [0.5, 0.6) is 0 Å². The fourth-order valence-corrected chi connectivity index (χ4v) is 2.93. The van der Waals surface area contributed by atoms with Gasteiger partial charge in [0, 0.05) is 17.8 Å². The average molecular weight is 243 g/mol. The molecule has 0 radical (unpaired) electrons. The van der Waals surface area contributed by atoms with Crippen LogP contribution in [0.15, 0.2) is 0 Å². The molecular formula is C10H17N3O2S. The minimum atomic E-state index is -0.383. The van der Waals surface area contributed by atoms with E-state index in [1.54, 1.807) is 0 Å². The van der Waals surface area contributed by atoms with Crippen LogP contribution < -0.4 is 16.4 Å². The van der Waals surface area contributed by atoms with Crippen LogP contribution in [0.2, 0.25) is 0 Å². The second kappa shape index (κ2) is 5.05. The van der Waals surface area contributed by atoms with Crippen molar-refractivity contribution in [1.82, 2.24) is 10.6 Å². The van der Waals surface area contributed by atoms with Crippen LogP contribution in [0.25, 0.3) is 0 Å². The van der Waals surface area contributed by atoms with Crippen molar-refractivity contribution in [1.29, 1.82) is 0 Å². The van der Waals surface area contributed by atoms with Crippen LogP contribution in [0.1, 0.15) is 25.7 Å². The van der Waals surface area contributed by atoms with E-state index in [0.717, 1.165) is 37.4 Å². The number of thioether (sulfide) groups is 1. The molecular weight excluding hydrogens is 226 g/mol. The Bertz CT molecular complexity index is 298. The molecule has 0 aromatic carbocycles. The van der Waals surface area contributed by atoms with Gasteiger partial charge in [-0.25, -0.2) is 0 Å². The first-order chi connectivity index (χ1) is 7.66. The van der Waals surface area contributed by atoms with Gasteiger partial charge in [0.05, 0.1) is 0 Å². The lowest BCUT2D eigenvalue weighted by atomic mass is 9.91. The SMILES string of the molecule is NC1CCCCC1NC(=O)C1CSC(=O)N1. The van der Waals surface area contributed by atoms with Gasteiger partial charge >= 0.3 is 0 Å². The van der Waals surface area contributed by atoms with Crippen molar-refractivity contribution in [3.05, 3.63) is 0 Å². The molecule has 1 aliphatic carbocycles. The third-order valence-corrected chi connectivity index (χ3v) is 4.02. The molecule has 0 spiro atoms. The number of hydrogen-bond acceptors (Lipinski definition) is 4. The standard InChI is InChI=1S/C10H17N3O2S/c11-6-3-1-2-4-7(6)12-9(14)8-5-16-10(15)13-8/h6-8H,1-5,11H2,(H,12,14)(H,13,15). The van der Waals surface area contributed by atoms with E-state index in [4.69, 9.17) is 5.73 Å².